The average molecular weight is 522 g/mol. The summed E-state index contributed by atoms with van der Waals surface area (Å²) in [6.07, 6.45) is 1.58. The third-order valence-corrected chi connectivity index (χ3v) is 7.76. The fraction of sp³-hybridized carbons (Fsp3) is 0.231. The van der Waals surface area contributed by atoms with E-state index in [-0.39, 0.29) is 11.9 Å². The van der Waals surface area contributed by atoms with Crippen molar-refractivity contribution in [1.29, 1.82) is 0 Å². The summed E-state index contributed by atoms with van der Waals surface area (Å²) < 4.78 is 12.4. The van der Waals surface area contributed by atoms with Crippen LogP contribution >= 0.6 is 22.9 Å². The van der Waals surface area contributed by atoms with Crippen molar-refractivity contribution in [2.45, 2.75) is 6.04 Å². The van der Waals surface area contributed by atoms with Crippen molar-refractivity contribution >= 4 is 33.6 Å². The van der Waals surface area contributed by atoms with E-state index in [4.69, 9.17) is 20.8 Å². The van der Waals surface area contributed by atoms with Gasteiger partial charge in [-0.25, -0.2) is 0 Å². The molecule has 0 unspecified atom stereocenters. The summed E-state index contributed by atoms with van der Waals surface area (Å²) in [5.41, 5.74) is 2.16. The fourth-order valence-corrected chi connectivity index (χ4v) is 5.99. The van der Waals surface area contributed by atoms with Crippen molar-refractivity contribution in [3.05, 3.63) is 82.4 Å². The van der Waals surface area contributed by atoms with E-state index in [9.17, 15) is 5.11 Å². The second kappa shape index (κ2) is 9.50. The largest absolute Gasteiger partial charge is 0.497 e. The van der Waals surface area contributed by atoms with Gasteiger partial charge in [-0.15, -0.1) is 5.10 Å². The first-order chi connectivity index (χ1) is 17.6. The van der Waals surface area contributed by atoms with Crippen LogP contribution in [0.25, 0.3) is 16.5 Å². The second-order valence-corrected chi connectivity index (χ2v) is 10.0. The molecule has 3 aromatic heterocycles. The van der Waals surface area contributed by atoms with Crippen LogP contribution in [-0.2, 0) is 0 Å². The van der Waals surface area contributed by atoms with E-state index >= 15 is 0 Å². The first-order valence-electron chi connectivity index (χ1n) is 11.6. The van der Waals surface area contributed by atoms with E-state index in [0.29, 0.717) is 16.5 Å². The van der Waals surface area contributed by atoms with E-state index in [1.165, 1.54) is 15.9 Å². The molecule has 36 heavy (non-hydrogen) atoms. The minimum atomic E-state index is -0.179. The third-order valence-electron chi connectivity index (χ3n) is 6.45. The van der Waals surface area contributed by atoms with E-state index in [0.717, 1.165) is 53.1 Å². The number of hydrogen-bond donors (Lipinski definition) is 1. The molecule has 8 nitrogen and oxygen atoms in total. The molecule has 0 radical (unpaired) electrons. The van der Waals surface area contributed by atoms with Crippen LogP contribution in [0.5, 0.6) is 11.6 Å². The Morgan fingerprint density at radius 1 is 1.06 bits per heavy atom. The molecule has 6 rings (SSSR count). The van der Waals surface area contributed by atoms with E-state index in [1.54, 1.807) is 25.5 Å². The van der Waals surface area contributed by atoms with Gasteiger partial charge in [-0.3, -0.25) is 4.90 Å². The number of fused-ring (bicyclic) bond motifs is 1. The molecule has 1 aliphatic rings. The van der Waals surface area contributed by atoms with E-state index in [1.807, 2.05) is 36.4 Å². The molecule has 1 N–H and O–H groups in total. The number of methoxy groups -OCH3 is 1. The molecule has 1 atom stereocenters. The molecule has 5 aromatic rings. The number of halogens is 1. The zero-order valence-corrected chi connectivity index (χ0v) is 21.1. The molecule has 1 saturated heterocycles. The molecule has 2 aromatic carbocycles. The number of piperazine rings is 1. The van der Waals surface area contributed by atoms with Gasteiger partial charge in [0.05, 0.1) is 24.3 Å². The Bertz CT molecular complexity index is 1490. The fourth-order valence-electron chi connectivity index (χ4n) is 4.69. The van der Waals surface area contributed by atoms with Gasteiger partial charge in [0.15, 0.2) is 5.76 Å². The highest BCUT2D eigenvalue weighted by Gasteiger charge is 2.32. The normalized spacial score (nSPS) is 15.4. The molecule has 0 spiro atoms. The number of thiazole rings is 1. The lowest BCUT2D eigenvalue weighted by Gasteiger charge is -2.40. The van der Waals surface area contributed by atoms with E-state index < -0.39 is 0 Å². The third kappa shape index (κ3) is 4.19. The first-order valence-corrected chi connectivity index (χ1v) is 12.8. The van der Waals surface area contributed by atoms with Crippen LogP contribution in [0, 0.1) is 0 Å². The summed E-state index contributed by atoms with van der Waals surface area (Å²) in [4.78, 5) is 10.7. The van der Waals surface area contributed by atoms with Crippen LogP contribution < -0.4 is 9.64 Å². The Hall–Kier alpha value is -3.53. The van der Waals surface area contributed by atoms with Crippen LogP contribution in [-0.4, -0.2) is 57.9 Å². The number of rotatable bonds is 6. The predicted octanol–water partition coefficient (Wildman–Crippen LogP) is 5.33. The highest BCUT2D eigenvalue weighted by molar-refractivity contribution is 7.17. The summed E-state index contributed by atoms with van der Waals surface area (Å²) in [5, 5.41) is 16.5. The SMILES string of the molecule is COc1cccc([C@@H](c2sc3nc(-c4ccco4)nn3c2O)N2CCN(c3cccc(Cl)c3)CC2)c1. The number of benzene rings is 2. The molecule has 1 fully saturated rings. The molecule has 0 bridgehead atoms. The van der Waals surface area contributed by atoms with Crippen LogP contribution in [0.1, 0.15) is 16.5 Å². The summed E-state index contributed by atoms with van der Waals surface area (Å²) in [7, 11) is 1.66. The zero-order chi connectivity index (χ0) is 24.6. The monoisotopic (exact) mass is 521 g/mol. The zero-order valence-electron chi connectivity index (χ0n) is 19.5. The Kier molecular flexibility index (Phi) is 6.04. The molecule has 184 valence electrons. The lowest BCUT2D eigenvalue weighted by molar-refractivity contribution is 0.211. The number of anilines is 1. The van der Waals surface area contributed by atoms with Gasteiger partial charge in [-0.1, -0.05) is 41.1 Å². The summed E-state index contributed by atoms with van der Waals surface area (Å²) in [6.45, 7) is 3.29. The Morgan fingerprint density at radius 3 is 2.61 bits per heavy atom. The maximum absolute atomic E-state index is 11.3. The molecule has 1 aliphatic heterocycles. The van der Waals surface area contributed by atoms with Crippen molar-refractivity contribution in [2.24, 2.45) is 0 Å². The first kappa shape index (κ1) is 22.9. The lowest BCUT2D eigenvalue weighted by atomic mass is 10.0. The van der Waals surface area contributed by atoms with Crippen LogP contribution in [0.2, 0.25) is 5.02 Å². The van der Waals surface area contributed by atoms with Gasteiger partial charge in [0, 0.05) is 36.9 Å². The van der Waals surface area contributed by atoms with Crippen molar-refractivity contribution in [2.75, 3.05) is 38.2 Å². The quantitative estimate of drug-likeness (QED) is 0.323. The number of aromatic hydroxyl groups is 1. The second-order valence-electron chi connectivity index (χ2n) is 8.58. The number of aromatic nitrogens is 3. The number of nitrogens with zero attached hydrogens (tertiary/aromatic N) is 5. The number of furan rings is 1. The maximum atomic E-state index is 11.3. The highest BCUT2D eigenvalue weighted by atomic mass is 35.5. The Balaban J connectivity index is 1.35. The van der Waals surface area contributed by atoms with Gasteiger partial charge in [0.2, 0.25) is 16.7 Å². The smallest absolute Gasteiger partial charge is 0.230 e. The molecule has 10 heteroatoms. The van der Waals surface area contributed by atoms with Gasteiger partial charge in [0.1, 0.15) is 5.75 Å². The number of ether oxygens (including phenoxy) is 1. The minimum Gasteiger partial charge on any atom is -0.497 e. The van der Waals surface area contributed by atoms with Crippen molar-refractivity contribution in [1.82, 2.24) is 19.5 Å². The van der Waals surface area contributed by atoms with Crippen LogP contribution in [0.4, 0.5) is 5.69 Å². The standard InChI is InChI=1S/C26H24ClN5O3S/c1-34-20-8-2-5-17(15-20)22(31-12-10-30(11-13-31)19-7-3-6-18(27)16-19)23-25(33)32-26(36-23)28-24(29-32)21-9-4-14-35-21/h2-9,14-16,22,33H,10-13H2,1H3/t22-/m0/s1. The van der Waals surface area contributed by atoms with Gasteiger partial charge < -0.3 is 19.2 Å². The highest BCUT2D eigenvalue weighted by Crippen LogP contribution is 2.41. The van der Waals surface area contributed by atoms with Crippen LogP contribution in [0.3, 0.4) is 0 Å². The Morgan fingerprint density at radius 2 is 1.89 bits per heavy atom. The van der Waals surface area contributed by atoms with Gasteiger partial charge in [0.25, 0.3) is 0 Å². The topological polar surface area (TPSA) is 79.3 Å². The molecule has 4 heterocycles. The van der Waals surface area contributed by atoms with Gasteiger partial charge >= 0.3 is 0 Å². The summed E-state index contributed by atoms with van der Waals surface area (Å²) >= 11 is 7.66. The molecular formula is C26H24ClN5O3S. The van der Waals surface area contributed by atoms with Crippen LogP contribution in [0.15, 0.2) is 71.3 Å². The summed E-state index contributed by atoms with van der Waals surface area (Å²) in [6, 6.07) is 19.4. The van der Waals surface area contributed by atoms with E-state index in [2.05, 4.69) is 32.0 Å². The predicted molar refractivity (Wildman–Crippen MR) is 140 cm³/mol. The van der Waals surface area contributed by atoms with Crippen molar-refractivity contribution in [3.63, 3.8) is 0 Å². The molecular weight excluding hydrogens is 498 g/mol. The van der Waals surface area contributed by atoms with Crippen molar-refractivity contribution in [3.8, 4) is 23.2 Å². The Labute approximate surface area is 216 Å². The molecule has 0 saturated carbocycles. The van der Waals surface area contributed by atoms with Gasteiger partial charge in [-0.05, 0) is 48.0 Å². The minimum absolute atomic E-state index is 0.0883. The lowest BCUT2D eigenvalue weighted by Crippen LogP contribution is -2.47. The molecule has 0 aliphatic carbocycles. The van der Waals surface area contributed by atoms with Gasteiger partial charge in [-0.2, -0.15) is 9.50 Å². The summed E-state index contributed by atoms with van der Waals surface area (Å²) in [5.74, 6) is 1.87. The van der Waals surface area contributed by atoms with Crippen molar-refractivity contribution < 1.29 is 14.3 Å². The number of hydrogen-bond acceptors (Lipinski definition) is 8. The molecule has 0 amide bonds. The average Bonchev–Trinajstić information content (AvgIpc) is 3.64. The maximum Gasteiger partial charge on any atom is 0.230 e.